The molecule has 6 nitrogen and oxygen atoms in total. The third-order valence-electron chi connectivity index (χ3n) is 4.71. The van der Waals surface area contributed by atoms with Crippen LogP contribution in [0.2, 0.25) is 5.02 Å². The summed E-state index contributed by atoms with van der Waals surface area (Å²) >= 11 is 6.24. The highest BCUT2D eigenvalue weighted by atomic mass is 35.5. The molecule has 0 radical (unpaired) electrons. The predicted molar refractivity (Wildman–Crippen MR) is 127 cm³/mol. The first-order valence-electron chi connectivity index (χ1n) is 10.2. The van der Waals surface area contributed by atoms with Gasteiger partial charge >= 0.3 is 0 Å². The number of carbonyl (C=O) groups excluding carboxylic acids is 1. The maximum Gasteiger partial charge on any atom is 0.261 e. The van der Waals surface area contributed by atoms with Crippen molar-refractivity contribution in [3.63, 3.8) is 0 Å². The van der Waals surface area contributed by atoms with Crippen LogP contribution in [0.5, 0.6) is 5.75 Å². The molecule has 168 valence electrons. The van der Waals surface area contributed by atoms with Gasteiger partial charge in [-0.05, 0) is 47.9 Å². The first-order chi connectivity index (χ1) is 15.3. The number of anilines is 1. The molecular formula is C24H25ClN2O4S. The lowest BCUT2D eigenvalue weighted by atomic mass is 10.0. The number of rotatable bonds is 9. The van der Waals surface area contributed by atoms with Crippen molar-refractivity contribution >= 4 is 33.2 Å². The Hall–Kier alpha value is -3.03. The van der Waals surface area contributed by atoms with Crippen molar-refractivity contribution in [2.24, 2.45) is 0 Å². The number of nitrogens with one attached hydrogen (secondary N) is 2. The van der Waals surface area contributed by atoms with E-state index in [1.807, 2.05) is 24.3 Å². The molecule has 0 aliphatic heterocycles. The van der Waals surface area contributed by atoms with E-state index in [1.54, 1.807) is 18.2 Å². The Morgan fingerprint density at radius 1 is 1.00 bits per heavy atom. The lowest BCUT2D eigenvalue weighted by molar-refractivity contribution is 0.0947. The molecule has 0 saturated carbocycles. The number of ether oxygens (including phenoxy) is 1. The van der Waals surface area contributed by atoms with Gasteiger partial charge in [0.1, 0.15) is 12.4 Å². The molecule has 3 rings (SSSR count). The van der Waals surface area contributed by atoms with Crippen LogP contribution in [0.4, 0.5) is 5.69 Å². The van der Waals surface area contributed by atoms with E-state index in [0.717, 1.165) is 11.3 Å². The Balaban J connectivity index is 1.57. The number of benzene rings is 3. The largest absolute Gasteiger partial charge is 0.491 e. The molecule has 0 unspecified atom stereocenters. The smallest absolute Gasteiger partial charge is 0.261 e. The molecule has 0 heterocycles. The van der Waals surface area contributed by atoms with Crippen molar-refractivity contribution in [3.05, 3.63) is 88.9 Å². The van der Waals surface area contributed by atoms with Gasteiger partial charge in [0.15, 0.2) is 0 Å². The Kier molecular flexibility index (Phi) is 7.77. The summed E-state index contributed by atoms with van der Waals surface area (Å²) < 4.78 is 33.2. The van der Waals surface area contributed by atoms with Gasteiger partial charge in [0, 0.05) is 0 Å². The molecule has 3 aromatic rings. The van der Waals surface area contributed by atoms with Crippen LogP contribution in [-0.4, -0.2) is 27.5 Å². The van der Waals surface area contributed by atoms with E-state index in [2.05, 4.69) is 23.9 Å². The van der Waals surface area contributed by atoms with Gasteiger partial charge < -0.3 is 10.1 Å². The molecule has 0 saturated heterocycles. The molecule has 0 spiro atoms. The first kappa shape index (κ1) is 23.6. The summed E-state index contributed by atoms with van der Waals surface area (Å²) in [6, 6.07) is 20.2. The van der Waals surface area contributed by atoms with Gasteiger partial charge in [-0.3, -0.25) is 9.52 Å². The fraction of sp³-hybridized carbons (Fsp3) is 0.208. The Bertz CT molecular complexity index is 1180. The van der Waals surface area contributed by atoms with E-state index in [4.69, 9.17) is 16.3 Å². The maximum atomic E-state index is 12.5. The predicted octanol–water partition coefficient (Wildman–Crippen LogP) is 5.07. The van der Waals surface area contributed by atoms with E-state index in [9.17, 15) is 13.2 Å². The third-order valence-corrected chi connectivity index (χ3v) is 6.42. The van der Waals surface area contributed by atoms with Crippen molar-refractivity contribution < 1.29 is 17.9 Å². The second-order valence-corrected chi connectivity index (χ2v) is 9.50. The van der Waals surface area contributed by atoms with Crippen molar-refractivity contribution in [3.8, 4) is 5.75 Å². The molecular weight excluding hydrogens is 448 g/mol. The van der Waals surface area contributed by atoms with Gasteiger partial charge in [-0.25, -0.2) is 8.42 Å². The van der Waals surface area contributed by atoms with E-state index in [1.165, 1.54) is 30.3 Å². The van der Waals surface area contributed by atoms with Crippen molar-refractivity contribution in [1.82, 2.24) is 5.32 Å². The second-order valence-electron chi connectivity index (χ2n) is 7.41. The highest BCUT2D eigenvalue weighted by molar-refractivity contribution is 7.92. The lowest BCUT2D eigenvalue weighted by Crippen LogP contribution is -2.28. The van der Waals surface area contributed by atoms with Crippen molar-refractivity contribution in [2.75, 3.05) is 17.9 Å². The summed E-state index contributed by atoms with van der Waals surface area (Å²) in [5.41, 5.74) is 1.62. The van der Waals surface area contributed by atoms with Gasteiger partial charge in [-0.15, -0.1) is 0 Å². The van der Waals surface area contributed by atoms with Crippen LogP contribution in [0.1, 0.15) is 35.7 Å². The summed E-state index contributed by atoms with van der Waals surface area (Å²) in [6.07, 6.45) is 0. The normalized spacial score (nSPS) is 11.2. The number of hydrogen-bond donors (Lipinski definition) is 2. The fourth-order valence-corrected chi connectivity index (χ4v) is 4.42. The zero-order chi connectivity index (χ0) is 23.1. The number of halogens is 1. The van der Waals surface area contributed by atoms with Crippen LogP contribution >= 0.6 is 11.6 Å². The third kappa shape index (κ3) is 6.02. The molecule has 0 aliphatic rings. The minimum atomic E-state index is -3.74. The molecule has 1 amide bonds. The summed E-state index contributed by atoms with van der Waals surface area (Å²) in [5.74, 6) is 0.760. The monoisotopic (exact) mass is 472 g/mol. The minimum absolute atomic E-state index is 0.136. The zero-order valence-corrected chi connectivity index (χ0v) is 19.4. The van der Waals surface area contributed by atoms with Crippen LogP contribution in [0.25, 0.3) is 0 Å². The molecule has 3 aromatic carbocycles. The summed E-state index contributed by atoms with van der Waals surface area (Å²) in [5, 5.41) is 2.91. The van der Waals surface area contributed by atoms with Gasteiger partial charge in [0.05, 0.1) is 27.7 Å². The molecule has 0 fully saturated rings. The topological polar surface area (TPSA) is 84.5 Å². The average Bonchev–Trinajstić information content (AvgIpc) is 2.77. The lowest BCUT2D eigenvalue weighted by Gasteiger charge is -2.14. The number of para-hydroxylation sites is 1. The van der Waals surface area contributed by atoms with Crippen LogP contribution in [-0.2, 0) is 10.0 Å². The number of amides is 1. The Labute approximate surface area is 193 Å². The van der Waals surface area contributed by atoms with Crippen LogP contribution in [0, 0.1) is 0 Å². The highest BCUT2D eigenvalue weighted by Crippen LogP contribution is 2.26. The quantitative estimate of drug-likeness (QED) is 0.425. The molecule has 8 heteroatoms. The molecule has 0 aliphatic carbocycles. The number of carbonyl (C=O) groups is 1. The van der Waals surface area contributed by atoms with Gasteiger partial charge in [0.2, 0.25) is 0 Å². The average molecular weight is 473 g/mol. The zero-order valence-electron chi connectivity index (χ0n) is 17.8. The summed E-state index contributed by atoms with van der Waals surface area (Å²) in [6.45, 7) is 4.79. The highest BCUT2D eigenvalue weighted by Gasteiger charge is 2.16. The van der Waals surface area contributed by atoms with Gasteiger partial charge in [0.25, 0.3) is 15.9 Å². The van der Waals surface area contributed by atoms with Crippen LogP contribution in [0.3, 0.4) is 0 Å². The molecule has 2 N–H and O–H groups in total. The number of hydrogen-bond acceptors (Lipinski definition) is 4. The minimum Gasteiger partial charge on any atom is -0.491 e. The number of sulfonamides is 1. The maximum absolute atomic E-state index is 12.5. The van der Waals surface area contributed by atoms with Crippen molar-refractivity contribution in [2.45, 2.75) is 24.7 Å². The molecule has 0 bridgehead atoms. The molecule has 32 heavy (non-hydrogen) atoms. The van der Waals surface area contributed by atoms with Crippen LogP contribution in [0.15, 0.2) is 77.7 Å². The van der Waals surface area contributed by atoms with Gasteiger partial charge in [-0.2, -0.15) is 0 Å². The molecule has 0 aromatic heterocycles. The Morgan fingerprint density at radius 3 is 2.38 bits per heavy atom. The van der Waals surface area contributed by atoms with E-state index < -0.39 is 10.0 Å². The van der Waals surface area contributed by atoms with E-state index >= 15 is 0 Å². The first-order valence-corrected chi connectivity index (χ1v) is 12.0. The van der Waals surface area contributed by atoms with Gasteiger partial charge in [-0.1, -0.05) is 61.8 Å². The van der Waals surface area contributed by atoms with E-state index in [0.29, 0.717) is 19.1 Å². The summed E-state index contributed by atoms with van der Waals surface area (Å²) in [4.78, 5) is 12.6. The van der Waals surface area contributed by atoms with Crippen LogP contribution < -0.4 is 14.8 Å². The SMILES string of the molecule is CC(C)c1ccccc1OCCNC(=O)c1ccc(NS(=O)(=O)c2ccccc2)cc1Cl. The summed E-state index contributed by atoms with van der Waals surface area (Å²) in [7, 11) is -3.74. The second kappa shape index (κ2) is 10.5. The standard InChI is InChI=1S/C24H25ClN2O4S/c1-17(2)20-10-6-7-11-23(20)31-15-14-26-24(28)21-13-12-18(16-22(21)25)27-32(29,30)19-8-4-3-5-9-19/h3-13,16-17,27H,14-15H2,1-2H3,(H,26,28). The van der Waals surface area contributed by atoms with Crippen molar-refractivity contribution in [1.29, 1.82) is 0 Å². The van der Waals surface area contributed by atoms with E-state index in [-0.39, 0.29) is 27.1 Å². The fourth-order valence-electron chi connectivity index (χ4n) is 3.09. The Morgan fingerprint density at radius 2 is 1.69 bits per heavy atom. The molecule has 0 atom stereocenters.